The van der Waals surface area contributed by atoms with Gasteiger partial charge in [0.15, 0.2) is 2.82 Å². The molecule has 0 spiro atoms. The monoisotopic (exact) mass is 97.1 g/mol. The van der Waals surface area contributed by atoms with Gasteiger partial charge in [-0.2, -0.15) is 0 Å². The summed E-state index contributed by atoms with van der Waals surface area (Å²) in [4.78, 5) is 7.24. The zero-order chi connectivity index (χ0) is 6.69. The van der Waals surface area contributed by atoms with Gasteiger partial charge in [0.25, 0.3) is 0 Å². The van der Waals surface area contributed by atoms with Gasteiger partial charge in [-0.1, -0.05) is 0 Å². The van der Waals surface area contributed by atoms with Gasteiger partial charge in [0.05, 0.1) is 0 Å². The van der Waals surface area contributed by atoms with E-state index in [4.69, 9.17) is 2.82 Å². The Hall–Kier alpha value is -1.12. The molecule has 0 radical (unpaired) electrons. The van der Waals surface area contributed by atoms with Crippen LogP contribution in [0.15, 0.2) is 18.5 Å². The van der Waals surface area contributed by atoms with Crippen LogP contribution in [-0.4, -0.2) is 9.97 Å². The lowest BCUT2D eigenvalue weighted by atomic mass is 10.7. The van der Waals surface area contributed by atoms with Crippen molar-refractivity contribution in [1.29, 1.82) is 0 Å². The van der Waals surface area contributed by atoms with Crippen molar-refractivity contribution in [2.75, 3.05) is 5.72 Å². The highest BCUT2D eigenvalue weighted by atomic mass is 15.0. The lowest BCUT2D eigenvalue weighted by Crippen LogP contribution is -1.90. The van der Waals surface area contributed by atoms with Crippen LogP contribution in [-0.2, 0) is 0 Å². The van der Waals surface area contributed by atoms with E-state index in [1.54, 1.807) is 6.07 Å². The van der Waals surface area contributed by atoms with Gasteiger partial charge in [0.2, 0.25) is 5.95 Å². The smallest absolute Gasteiger partial charge is 0.219 e. The van der Waals surface area contributed by atoms with Crippen molar-refractivity contribution in [2.45, 2.75) is 0 Å². The second kappa shape index (κ2) is 1.55. The van der Waals surface area contributed by atoms with E-state index in [0.717, 1.165) is 0 Å². The molecular formula is C4H5N3. The van der Waals surface area contributed by atoms with Crippen LogP contribution in [0.1, 0.15) is 0 Å². The van der Waals surface area contributed by atoms with Gasteiger partial charge in [-0.15, -0.1) is 0 Å². The third kappa shape index (κ3) is 0.855. The summed E-state index contributed by atoms with van der Waals surface area (Å²) in [6.45, 7) is 0. The van der Waals surface area contributed by atoms with Crippen LogP contribution in [0.4, 0.5) is 5.95 Å². The number of nitrogen functional groups attached to an aromatic ring is 1. The average Bonchev–Trinajstić information content (AvgIpc) is 1.90. The number of anilines is 1. The first-order valence-electron chi connectivity index (χ1n) is 2.75. The number of rotatable bonds is 1. The van der Waals surface area contributed by atoms with Gasteiger partial charge < -0.3 is 5.72 Å². The van der Waals surface area contributed by atoms with Crippen LogP contribution in [0.2, 0.25) is 2.82 Å². The fraction of sp³-hybridized carbons (Fsp3) is 0. The maximum Gasteiger partial charge on any atom is 0.219 e. The van der Waals surface area contributed by atoms with Crippen LogP contribution >= 0.6 is 0 Å². The Kier molecular flexibility index (Phi) is 0.500. The topological polar surface area (TPSA) is 51.8 Å². The lowest BCUT2D eigenvalue weighted by molar-refractivity contribution is 1.19. The molecule has 7 heavy (non-hydrogen) atoms. The highest BCUT2D eigenvalue weighted by Gasteiger charge is 1.75. The summed E-state index contributed by atoms with van der Waals surface area (Å²) in [5.74, 6) is 0.0810. The predicted octanol–water partition coefficient (Wildman–Crippen LogP) is 0.0588. The van der Waals surface area contributed by atoms with Crippen molar-refractivity contribution < 1.29 is 2.82 Å². The Labute approximate surface area is 44.1 Å². The zero-order valence-electron chi connectivity index (χ0n) is 5.57. The Morgan fingerprint density at radius 1 is 1.57 bits per heavy atom. The molecule has 3 heteroatoms. The Morgan fingerprint density at radius 3 is 2.71 bits per heavy atom. The Morgan fingerprint density at radius 2 is 2.29 bits per heavy atom. The Bertz CT molecular complexity index is 176. The predicted molar refractivity (Wildman–Crippen MR) is 26.4 cm³/mol. The summed E-state index contributed by atoms with van der Waals surface area (Å²) >= 11 is 0. The summed E-state index contributed by atoms with van der Waals surface area (Å²) in [6, 6.07) is 1.63. The van der Waals surface area contributed by atoms with Crippen molar-refractivity contribution in [3.63, 3.8) is 0 Å². The van der Waals surface area contributed by atoms with Crippen molar-refractivity contribution in [1.82, 2.24) is 9.97 Å². The first kappa shape index (κ1) is 2.26. The molecule has 1 heterocycles. The molecule has 0 saturated carbocycles. The minimum atomic E-state index is 0.0810. The molecule has 0 aliphatic heterocycles. The first-order chi connectivity index (χ1) is 4.30. The molecule has 0 fully saturated rings. The SMILES string of the molecule is [2H]N([2H])c1ncccn1. The molecule has 0 aliphatic rings. The molecule has 0 saturated heterocycles. The van der Waals surface area contributed by atoms with E-state index in [-0.39, 0.29) is 5.95 Å². The van der Waals surface area contributed by atoms with E-state index in [9.17, 15) is 0 Å². The third-order valence-corrected chi connectivity index (χ3v) is 0.552. The molecule has 1 aromatic heterocycles. The average molecular weight is 97.1 g/mol. The molecular weight excluding hydrogens is 90.1 g/mol. The minimum Gasteiger partial charge on any atom is -0.368 e. The highest BCUT2D eigenvalue weighted by molar-refractivity contribution is 5.11. The maximum absolute atomic E-state index is 6.69. The molecule has 0 aliphatic carbocycles. The normalized spacial score (nSPS) is 12.0. The van der Waals surface area contributed by atoms with Gasteiger partial charge in [-0.25, -0.2) is 9.97 Å². The second-order valence-corrected chi connectivity index (χ2v) is 1.05. The van der Waals surface area contributed by atoms with Gasteiger partial charge in [-0.3, -0.25) is 0 Å². The van der Waals surface area contributed by atoms with Gasteiger partial charge >= 0.3 is 0 Å². The summed E-state index contributed by atoms with van der Waals surface area (Å²) in [6.07, 6.45) is 2.97. The number of nitrogens with zero attached hydrogens (tertiary/aromatic N) is 2. The Balaban J connectivity index is 2.85. The van der Waals surface area contributed by atoms with Crippen LogP contribution < -0.4 is 5.72 Å². The molecule has 0 aromatic carbocycles. The summed E-state index contributed by atoms with van der Waals surface area (Å²) in [5.41, 5.74) is 0.361. The van der Waals surface area contributed by atoms with Gasteiger partial charge in [0, 0.05) is 12.4 Å². The lowest BCUT2D eigenvalue weighted by Gasteiger charge is -1.82. The maximum atomic E-state index is 6.69. The fourth-order valence-electron chi connectivity index (χ4n) is 0.291. The fourth-order valence-corrected chi connectivity index (χ4v) is 0.291. The molecule has 1 rings (SSSR count). The molecule has 3 nitrogen and oxygen atoms in total. The second-order valence-electron chi connectivity index (χ2n) is 1.05. The molecule has 0 unspecified atom stereocenters. The van der Waals surface area contributed by atoms with Gasteiger partial charge in [0.1, 0.15) is 0 Å². The largest absolute Gasteiger partial charge is 0.368 e. The molecule has 0 amide bonds. The van der Waals surface area contributed by atoms with E-state index in [1.807, 2.05) is 0 Å². The van der Waals surface area contributed by atoms with E-state index in [2.05, 4.69) is 9.97 Å². The third-order valence-electron chi connectivity index (χ3n) is 0.552. The first-order valence-corrected chi connectivity index (χ1v) is 1.85. The van der Waals surface area contributed by atoms with Crippen LogP contribution in [0, 0.1) is 0 Å². The summed E-state index contributed by atoms with van der Waals surface area (Å²) < 4.78 is 13.4. The quantitative estimate of drug-likeness (QED) is 0.539. The molecule has 1 aromatic rings. The van der Waals surface area contributed by atoms with Crippen molar-refractivity contribution in [3.8, 4) is 0 Å². The molecule has 36 valence electrons. The molecule has 0 bridgehead atoms. The van der Waals surface area contributed by atoms with Crippen LogP contribution in [0.3, 0.4) is 0 Å². The van der Waals surface area contributed by atoms with Crippen LogP contribution in [0.25, 0.3) is 0 Å². The standard InChI is InChI=1S/C4H5N3/c5-4-6-2-1-3-7-4/h1-3H,(H2,5,6,7)/i/hD2. The van der Waals surface area contributed by atoms with Crippen molar-refractivity contribution in [3.05, 3.63) is 18.5 Å². The van der Waals surface area contributed by atoms with E-state index < -0.39 is 0 Å². The van der Waals surface area contributed by atoms with E-state index in [1.165, 1.54) is 12.4 Å². The highest BCUT2D eigenvalue weighted by Crippen LogP contribution is 1.81. The minimum absolute atomic E-state index is 0.0810. The van der Waals surface area contributed by atoms with E-state index in [0.29, 0.717) is 5.72 Å². The summed E-state index contributed by atoms with van der Waals surface area (Å²) in [7, 11) is 0. The number of hydrogen-bond acceptors (Lipinski definition) is 3. The van der Waals surface area contributed by atoms with Crippen molar-refractivity contribution in [2.24, 2.45) is 0 Å². The molecule has 2 N–H and O–H groups in total. The number of hydrogen-bond donors (Lipinski definition) is 1. The van der Waals surface area contributed by atoms with Crippen molar-refractivity contribution >= 4 is 5.95 Å². The molecule has 0 atom stereocenters. The van der Waals surface area contributed by atoms with Crippen LogP contribution in [0.5, 0.6) is 0 Å². The number of nitrogens with two attached hydrogens (primary N) is 1. The van der Waals surface area contributed by atoms with E-state index >= 15 is 0 Å². The number of aromatic nitrogens is 2. The zero-order valence-corrected chi connectivity index (χ0v) is 3.57. The van der Waals surface area contributed by atoms with Gasteiger partial charge in [-0.05, 0) is 6.07 Å². The summed E-state index contributed by atoms with van der Waals surface area (Å²) in [5, 5.41) is 0.